The molecular formula is C29H50N4O7. The maximum absolute atomic E-state index is 13.3. The number of hydrogen-bond acceptors (Lipinski definition) is 7. The van der Waals surface area contributed by atoms with Crippen molar-refractivity contribution in [2.45, 2.75) is 129 Å². The third-order valence-electron chi connectivity index (χ3n) is 6.84. The lowest BCUT2D eigenvalue weighted by molar-refractivity contribution is -0.115. The van der Waals surface area contributed by atoms with Crippen molar-refractivity contribution in [2.24, 2.45) is 5.92 Å². The fourth-order valence-electron chi connectivity index (χ4n) is 5.05. The Labute approximate surface area is 239 Å². The molecule has 0 bridgehead atoms. The average Bonchev–Trinajstić information content (AvgIpc) is 2.82. The first-order valence-corrected chi connectivity index (χ1v) is 14.5. The molecule has 2 rings (SSSR count). The number of carbonyl (C=O) groups excluding carboxylic acids is 4. The van der Waals surface area contributed by atoms with Crippen LogP contribution in [0.1, 0.15) is 99.8 Å². The van der Waals surface area contributed by atoms with Crippen LogP contribution in [0.15, 0.2) is 12.3 Å². The molecule has 0 heterocycles. The third kappa shape index (κ3) is 12.9. The van der Waals surface area contributed by atoms with Crippen LogP contribution in [0.5, 0.6) is 0 Å². The molecule has 2 aliphatic carbocycles. The van der Waals surface area contributed by atoms with Crippen LogP contribution >= 0.6 is 0 Å². The van der Waals surface area contributed by atoms with E-state index < -0.39 is 29.2 Å². The van der Waals surface area contributed by atoms with Crippen LogP contribution in [0, 0.1) is 5.92 Å². The molecule has 0 aliphatic heterocycles. The highest BCUT2D eigenvalue weighted by atomic mass is 16.6. The molecular weight excluding hydrogens is 516 g/mol. The van der Waals surface area contributed by atoms with Crippen molar-refractivity contribution in [3.63, 3.8) is 0 Å². The molecule has 0 unspecified atom stereocenters. The first-order chi connectivity index (χ1) is 18.6. The summed E-state index contributed by atoms with van der Waals surface area (Å²) in [4.78, 5) is 51.3. The van der Waals surface area contributed by atoms with Crippen molar-refractivity contribution in [1.82, 2.24) is 20.9 Å². The molecule has 5 amide bonds. The molecule has 11 nitrogen and oxygen atoms in total. The van der Waals surface area contributed by atoms with E-state index in [1.54, 1.807) is 6.92 Å². The highest BCUT2D eigenvalue weighted by molar-refractivity contribution is 6.00. The Morgan fingerprint density at radius 3 is 1.90 bits per heavy atom. The fourth-order valence-corrected chi connectivity index (χ4v) is 5.05. The van der Waals surface area contributed by atoms with Gasteiger partial charge in [-0.2, -0.15) is 0 Å². The number of nitrogens with zero attached hydrogens (tertiary/aromatic N) is 1. The van der Waals surface area contributed by atoms with Crippen LogP contribution < -0.4 is 16.0 Å². The van der Waals surface area contributed by atoms with Gasteiger partial charge in [0, 0.05) is 30.7 Å². The highest BCUT2D eigenvalue weighted by Crippen LogP contribution is 2.30. The van der Waals surface area contributed by atoms with E-state index in [0.717, 1.165) is 51.4 Å². The van der Waals surface area contributed by atoms with Gasteiger partial charge in [-0.25, -0.2) is 14.4 Å². The summed E-state index contributed by atoms with van der Waals surface area (Å²) >= 11 is 0. The predicted octanol–water partition coefficient (Wildman–Crippen LogP) is 4.99. The minimum Gasteiger partial charge on any atom is -0.501 e. The predicted molar refractivity (Wildman–Crippen MR) is 152 cm³/mol. The van der Waals surface area contributed by atoms with Crippen LogP contribution in [0.4, 0.5) is 14.4 Å². The maximum Gasteiger partial charge on any atom is 0.410 e. The Balaban J connectivity index is 1.89. The van der Waals surface area contributed by atoms with Gasteiger partial charge in [0.25, 0.3) is 5.91 Å². The summed E-state index contributed by atoms with van der Waals surface area (Å²) in [6, 6.07) is -0.518. The third-order valence-corrected chi connectivity index (χ3v) is 6.84. The molecule has 0 aromatic rings. The summed E-state index contributed by atoms with van der Waals surface area (Å²) in [5.74, 6) is -0.259. The molecule has 2 fully saturated rings. The second kappa shape index (κ2) is 15.1. The van der Waals surface area contributed by atoms with E-state index >= 15 is 0 Å². The lowest BCUT2D eigenvalue weighted by atomic mass is 9.84. The fraction of sp³-hybridized carbons (Fsp3) is 0.793. The Bertz CT molecular complexity index is 878. The number of alkyl carbamates (subject to hydrolysis) is 1. The number of carbonyl (C=O) groups is 4. The zero-order valence-corrected chi connectivity index (χ0v) is 25.3. The van der Waals surface area contributed by atoms with Gasteiger partial charge >= 0.3 is 18.2 Å². The Morgan fingerprint density at radius 2 is 1.35 bits per heavy atom. The monoisotopic (exact) mass is 566 g/mol. The van der Waals surface area contributed by atoms with E-state index in [9.17, 15) is 19.2 Å². The molecule has 0 atom stereocenters. The smallest absolute Gasteiger partial charge is 0.410 e. The number of rotatable bonds is 8. The number of imide groups is 1. The molecule has 0 aromatic carbocycles. The van der Waals surface area contributed by atoms with Crippen LogP contribution in [-0.2, 0) is 19.0 Å². The zero-order chi connectivity index (χ0) is 29.9. The van der Waals surface area contributed by atoms with Gasteiger partial charge in [0.05, 0.1) is 12.9 Å². The van der Waals surface area contributed by atoms with Gasteiger partial charge in [-0.3, -0.25) is 10.1 Å². The van der Waals surface area contributed by atoms with Gasteiger partial charge in [0.15, 0.2) is 0 Å². The van der Waals surface area contributed by atoms with Crippen molar-refractivity contribution >= 4 is 24.1 Å². The topological polar surface area (TPSA) is 135 Å². The summed E-state index contributed by atoms with van der Waals surface area (Å²) in [6.45, 7) is 13.9. The summed E-state index contributed by atoms with van der Waals surface area (Å²) < 4.78 is 16.1. The summed E-state index contributed by atoms with van der Waals surface area (Å²) in [6.07, 6.45) is 7.97. The van der Waals surface area contributed by atoms with Crippen LogP contribution in [0.3, 0.4) is 0 Å². The standard InChI is InChI=1S/C29H50N4O7/c1-8-38-18-17-24(34)32-25(35)30-21-11-9-20(10-12-21)19-33(27(37)40-29(5,6)7)23-15-13-22(14-16-23)31-26(36)39-28(2,3)4/h17-18,20-23H,8-16,19H2,1-7H3,(H,31,36)(H2,30,32,34,35)/t20-,21-,22-,23-. The van der Waals surface area contributed by atoms with Crippen LogP contribution in [0.25, 0.3) is 0 Å². The molecule has 0 aromatic heterocycles. The van der Waals surface area contributed by atoms with E-state index in [4.69, 9.17) is 14.2 Å². The van der Waals surface area contributed by atoms with E-state index in [-0.39, 0.29) is 30.1 Å². The molecule has 2 saturated carbocycles. The Kier molecular flexibility index (Phi) is 12.6. The van der Waals surface area contributed by atoms with E-state index in [2.05, 4.69) is 16.0 Å². The zero-order valence-electron chi connectivity index (χ0n) is 25.3. The molecule has 40 heavy (non-hydrogen) atoms. The van der Waals surface area contributed by atoms with Crippen molar-refractivity contribution in [3.8, 4) is 0 Å². The molecule has 0 spiro atoms. The van der Waals surface area contributed by atoms with Crippen molar-refractivity contribution in [2.75, 3.05) is 13.2 Å². The molecule has 2 aliphatic rings. The SMILES string of the molecule is CCOC=CC(=O)NC(=O)N[C@H]1CC[C@H](CN(C(=O)OC(C)(C)C)[C@H]2CC[C@H](NC(=O)OC(C)(C)C)CC2)CC1. The molecule has 3 N–H and O–H groups in total. The Morgan fingerprint density at radius 1 is 0.800 bits per heavy atom. The van der Waals surface area contributed by atoms with E-state index in [1.807, 2.05) is 46.4 Å². The summed E-state index contributed by atoms with van der Waals surface area (Å²) in [5, 5.41) is 8.11. The lowest BCUT2D eigenvalue weighted by Gasteiger charge is -2.40. The average molecular weight is 567 g/mol. The summed E-state index contributed by atoms with van der Waals surface area (Å²) in [7, 11) is 0. The van der Waals surface area contributed by atoms with Crippen molar-refractivity contribution in [3.05, 3.63) is 12.3 Å². The van der Waals surface area contributed by atoms with Gasteiger partial charge < -0.3 is 29.7 Å². The number of ether oxygens (including phenoxy) is 3. The minimum atomic E-state index is -0.602. The number of amides is 5. The number of urea groups is 1. The van der Waals surface area contributed by atoms with Gasteiger partial charge in [-0.05, 0) is 106 Å². The summed E-state index contributed by atoms with van der Waals surface area (Å²) in [5.41, 5.74) is -1.15. The van der Waals surface area contributed by atoms with Crippen molar-refractivity contribution in [1.29, 1.82) is 0 Å². The van der Waals surface area contributed by atoms with Crippen molar-refractivity contribution < 1.29 is 33.4 Å². The normalized spacial score (nSPS) is 23.6. The second-order valence-electron chi connectivity index (χ2n) is 12.7. The van der Waals surface area contributed by atoms with Gasteiger partial charge in [-0.15, -0.1) is 0 Å². The molecule has 0 radical (unpaired) electrons. The number of nitrogens with one attached hydrogen (secondary N) is 3. The molecule has 11 heteroatoms. The van der Waals surface area contributed by atoms with Crippen LogP contribution in [0.2, 0.25) is 0 Å². The van der Waals surface area contributed by atoms with Gasteiger partial charge in [0.2, 0.25) is 0 Å². The Hall–Kier alpha value is -2.98. The highest BCUT2D eigenvalue weighted by Gasteiger charge is 2.35. The van der Waals surface area contributed by atoms with E-state index in [0.29, 0.717) is 13.2 Å². The first-order valence-electron chi connectivity index (χ1n) is 14.5. The first kappa shape index (κ1) is 33.2. The largest absolute Gasteiger partial charge is 0.501 e. The van der Waals surface area contributed by atoms with Crippen LogP contribution in [-0.4, -0.2) is 71.5 Å². The lowest BCUT2D eigenvalue weighted by Crippen LogP contribution is -2.50. The van der Waals surface area contributed by atoms with E-state index in [1.165, 1.54) is 12.3 Å². The maximum atomic E-state index is 13.3. The minimum absolute atomic E-state index is 0.0146. The van der Waals surface area contributed by atoms with Gasteiger partial charge in [0.1, 0.15) is 11.2 Å². The second-order valence-corrected chi connectivity index (χ2v) is 12.7. The molecule has 0 saturated heterocycles. The number of hydrogen-bond donors (Lipinski definition) is 3. The molecule has 228 valence electrons. The quantitative estimate of drug-likeness (QED) is 0.278. The van der Waals surface area contributed by atoms with Gasteiger partial charge in [-0.1, -0.05) is 0 Å².